The third kappa shape index (κ3) is 31.8. The lowest BCUT2D eigenvalue weighted by Gasteiger charge is -2.09. The zero-order chi connectivity index (χ0) is 97.9. The summed E-state index contributed by atoms with van der Waals surface area (Å²) >= 11 is 0. The zero-order valence-corrected chi connectivity index (χ0v) is 75.8. The van der Waals surface area contributed by atoms with Crippen LogP contribution in [0.1, 0.15) is 73.3 Å². The Morgan fingerprint density at radius 3 is 0.717 bits per heavy atom. The number of nitrogens with one attached hydrogen (secondary N) is 13. The van der Waals surface area contributed by atoms with Gasteiger partial charge in [0.1, 0.15) is 11.5 Å². The van der Waals surface area contributed by atoms with Crippen molar-refractivity contribution in [1.29, 1.82) is 0 Å². The summed E-state index contributed by atoms with van der Waals surface area (Å²) in [6.07, 6.45) is 0. The number of nitrogens with zero attached hydrogens (tertiary/aromatic N) is 18. The fraction of sp³-hybridized carbons (Fsp3) is 0.106. The van der Waals surface area contributed by atoms with Crippen molar-refractivity contribution in [3.63, 3.8) is 0 Å². The van der Waals surface area contributed by atoms with Gasteiger partial charge in [0, 0.05) is 77.3 Å². The molecular formula is C94H93N33O11. The van der Waals surface area contributed by atoms with Crippen molar-refractivity contribution < 1.29 is 52.5 Å². The predicted molar refractivity (Wildman–Crippen MR) is 524 cm³/mol. The summed E-state index contributed by atoms with van der Waals surface area (Å²) in [4.78, 5) is 146. The van der Waals surface area contributed by atoms with Crippen molar-refractivity contribution in [2.75, 3.05) is 137 Å². The Kier molecular flexibility index (Phi) is 36.6. The van der Waals surface area contributed by atoms with Crippen LogP contribution in [0.15, 0.2) is 279 Å². The minimum Gasteiger partial charge on any atom is -0.497 e. The van der Waals surface area contributed by atoms with Gasteiger partial charge in [-0.3, -0.25) is 60.7 Å². The molecule has 138 heavy (non-hydrogen) atoms. The first-order valence-corrected chi connectivity index (χ1v) is 41.4. The molecule has 10 aromatic carbocycles. The number of nitrogen functional groups attached to an aromatic ring is 2. The number of anilines is 19. The summed E-state index contributed by atoms with van der Waals surface area (Å²) in [5, 5.41) is 36.4. The lowest BCUT2D eigenvalue weighted by Crippen LogP contribution is -2.16. The van der Waals surface area contributed by atoms with E-state index in [0.29, 0.717) is 68.7 Å². The van der Waals surface area contributed by atoms with Crippen LogP contribution in [-0.4, -0.2) is 182 Å². The van der Waals surface area contributed by atoms with Crippen LogP contribution in [0.2, 0.25) is 0 Å². The summed E-state index contributed by atoms with van der Waals surface area (Å²) in [6.45, 7) is 3.85. The van der Waals surface area contributed by atoms with Crippen molar-refractivity contribution in [1.82, 2.24) is 89.7 Å². The number of carbonyl (C=O) groups is 6. The van der Waals surface area contributed by atoms with Gasteiger partial charge in [0.05, 0.1) is 35.5 Å². The topological polar surface area (TPSA) is 589 Å². The Hall–Kier alpha value is -19.7. The number of ether oxygens (including phenoxy) is 5. The van der Waals surface area contributed by atoms with E-state index in [4.69, 9.17) is 35.2 Å². The molecule has 6 heterocycles. The van der Waals surface area contributed by atoms with E-state index in [1.165, 1.54) is 21.3 Å². The van der Waals surface area contributed by atoms with E-state index in [1.54, 1.807) is 157 Å². The minimum absolute atomic E-state index is 0.0226. The number of aryl methyl sites for hydroxylation is 2. The molecule has 0 fully saturated rings. The van der Waals surface area contributed by atoms with Gasteiger partial charge in [0.15, 0.2) is 0 Å². The third-order valence-electron chi connectivity index (χ3n) is 17.8. The van der Waals surface area contributed by atoms with Crippen LogP contribution in [0.25, 0.3) is 0 Å². The molecule has 0 aliphatic heterocycles. The molecule has 16 aromatic rings. The van der Waals surface area contributed by atoms with E-state index in [-0.39, 0.29) is 119 Å². The first-order valence-electron chi connectivity index (χ1n) is 41.4. The number of nitrogens with two attached hydrogens (primary N) is 2. The van der Waals surface area contributed by atoms with Gasteiger partial charge in [-0.05, 0) is 159 Å². The second kappa shape index (κ2) is 51.0. The summed E-state index contributed by atoms with van der Waals surface area (Å²) < 4.78 is 25.0. The quantitative estimate of drug-likeness (QED) is 0.0216. The zero-order valence-electron chi connectivity index (χ0n) is 75.8. The molecule has 0 aliphatic carbocycles. The predicted octanol–water partition coefficient (Wildman–Crippen LogP) is 13.7. The number of amides is 6. The first-order chi connectivity index (χ1) is 67.0. The smallest absolute Gasteiger partial charge is 0.322 e. The van der Waals surface area contributed by atoms with E-state index in [0.717, 1.165) is 33.9 Å². The highest BCUT2D eigenvalue weighted by Gasteiger charge is 2.20. The Morgan fingerprint density at radius 1 is 0.217 bits per heavy atom. The van der Waals surface area contributed by atoms with Crippen molar-refractivity contribution in [2.24, 2.45) is 0 Å². The summed E-state index contributed by atoms with van der Waals surface area (Å²) in [5.74, 6) is 2.29. The van der Waals surface area contributed by atoms with Crippen LogP contribution in [-0.2, 0) is 0 Å². The Morgan fingerprint density at radius 2 is 0.428 bits per heavy atom. The van der Waals surface area contributed by atoms with Crippen LogP contribution in [0.4, 0.5) is 112 Å². The molecule has 700 valence electrons. The number of methoxy groups -OCH3 is 5. The van der Waals surface area contributed by atoms with Gasteiger partial charge in [-0.25, -0.2) is 0 Å². The van der Waals surface area contributed by atoms with Gasteiger partial charge in [0.2, 0.25) is 89.2 Å². The van der Waals surface area contributed by atoms with Gasteiger partial charge in [-0.2, -0.15) is 89.7 Å². The number of hydrogen-bond donors (Lipinski definition) is 15. The summed E-state index contributed by atoms with van der Waals surface area (Å²) in [7, 11) is 12.4. The molecule has 0 unspecified atom stereocenters. The van der Waals surface area contributed by atoms with E-state index >= 15 is 0 Å². The molecule has 17 N–H and O–H groups in total. The van der Waals surface area contributed by atoms with Gasteiger partial charge in [-0.15, -0.1) is 0 Å². The highest BCUT2D eigenvalue weighted by molar-refractivity contribution is 6.07. The molecule has 0 saturated carbocycles. The van der Waals surface area contributed by atoms with Crippen molar-refractivity contribution in [3.8, 4) is 29.5 Å². The molecule has 0 aliphatic rings. The van der Waals surface area contributed by atoms with Crippen LogP contribution in [0.3, 0.4) is 0 Å². The molecule has 44 nitrogen and oxygen atoms in total. The highest BCUT2D eigenvalue weighted by atomic mass is 16.5. The Bertz CT molecular complexity index is 6310. The van der Waals surface area contributed by atoms with E-state index < -0.39 is 0 Å². The largest absolute Gasteiger partial charge is 0.497 e. The second-order valence-electron chi connectivity index (χ2n) is 27.8. The first kappa shape index (κ1) is 98.9. The molecule has 6 amide bonds. The molecular weight excluding hydrogens is 1770 g/mol. The lowest BCUT2D eigenvalue weighted by molar-refractivity contribution is 0.101. The second-order valence-corrected chi connectivity index (χ2v) is 27.8. The molecule has 6 aromatic heterocycles. The van der Waals surface area contributed by atoms with Crippen molar-refractivity contribution in [2.45, 2.75) is 13.8 Å². The number of rotatable bonds is 28. The van der Waals surface area contributed by atoms with E-state index in [1.807, 2.05) is 172 Å². The fourth-order valence-electron chi connectivity index (χ4n) is 11.3. The number of benzene rings is 10. The van der Waals surface area contributed by atoms with Gasteiger partial charge >= 0.3 is 18.0 Å². The van der Waals surface area contributed by atoms with Crippen molar-refractivity contribution in [3.05, 3.63) is 324 Å². The van der Waals surface area contributed by atoms with Crippen LogP contribution >= 0.6 is 0 Å². The normalized spacial score (nSPS) is 10.0. The van der Waals surface area contributed by atoms with Gasteiger partial charge < -0.3 is 72.4 Å². The maximum absolute atomic E-state index is 12.4. The van der Waals surface area contributed by atoms with Crippen LogP contribution in [0, 0.1) is 13.8 Å². The summed E-state index contributed by atoms with van der Waals surface area (Å²) in [6, 6.07) is 83.7. The van der Waals surface area contributed by atoms with E-state index in [2.05, 4.69) is 159 Å². The third-order valence-corrected chi connectivity index (χ3v) is 17.8. The molecule has 16 rings (SSSR count). The lowest BCUT2D eigenvalue weighted by atomic mass is 10.1. The highest BCUT2D eigenvalue weighted by Crippen LogP contribution is 2.24. The molecule has 0 saturated heterocycles. The Balaban J connectivity index is 0.000000159. The fourth-order valence-corrected chi connectivity index (χ4v) is 11.3. The Labute approximate surface area is 789 Å². The average Bonchev–Trinajstić information content (AvgIpc) is 0.848. The van der Waals surface area contributed by atoms with Crippen molar-refractivity contribution >= 4 is 147 Å². The maximum Gasteiger partial charge on any atom is 0.322 e. The monoisotopic (exact) mass is 1860 g/mol. The SMILES string of the molecule is CNc1nc(N)nc(NC(=O)c2ccc(OC)cc2)n1.CNc1nc(NC(=O)c2cccc(C)c2)nc(Nc2ccccc2)n1.CNc1nc(NC(=O)c2ccccc2)nc(Nc2ccccc2)n1.COc1ccc(C(=O)Nc2nc(N)nc(OC)n2)cc1.COc1nc(NC(=O)c2cccc(C)c2)nc(Nc2ccccc2)n1.COc1nc(NC(=O)c2ccccc2)nc(Nc2ccccc2)n1. The number of carbonyl (C=O) groups excluding carboxylic acids is 6. The molecule has 0 radical (unpaired) electrons. The molecule has 0 atom stereocenters. The minimum atomic E-state index is -0.375. The van der Waals surface area contributed by atoms with Crippen LogP contribution in [0.5, 0.6) is 29.5 Å². The van der Waals surface area contributed by atoms with Crippen LogP contribution < -0.4 is 104 Å². The maximum atomic E-state index is 12.4. The molecule has 44 heteroatoms. The molecule has 0 bridgehead atoms. The number of hydrogen-bond acceptors (Lipinski definition) is 38. The van der Waals surface area contributed by atoms with E-state index in [9.17, 15) is 28.8 Å². The standard InChI is InChI=1S/C18H18N6O.C18H17N5O2.C17H16N6O.C17H15N5O2.C12H14N6O2.C12H13N5O3/c1-12-7-6-8-13(11-12)15(25)21-18-23-16(19-2)22-17(24-18)20-14-9-4-3-5-10-14;1-12-7-6-8-13(11-12)15(24)20-17-21-16(22-18(23-17)25-2)19-14-9-4-3-5-10-14;1-18-15-21-16(19-13-10-6-3-7-11-13)23-17(22-15)20-14(24)12-8-4-2-5-9-12;1-24-17-21-15(18-13-10-6-3-7-11-13)20-16(22-17)19-14(23)12-8-4-2-5-9-12;1-14-11-16-10(13)17-12(18-11)15-9(19)7-3-5-8(20-2)6-4-7;1-19-8-5-3-7(4-6-8)9(18)14-11-15-10(13)16-12(17-11)20-2/h3-11H,1-2H3,(H3,19,20,21,22,23,24,25);3-11H,1-2H3,(H2,19,20,21,22,23,24);2-11H,1H3,(H3,18,19,20,21,22,23,24);2-11H,1H3,(H2,18,19,20,21,22,23);3-6H,1-2H3,(H4,13,14,15,16,17,18,19);3-6H,1-2H3,(H3,13,14,15,16,17,18). The summed E-state index contributed by atoms with van der Waals surface area (Å²) in [5.41, 5.74) is 19.3. The van der Waals surface area contributed by atoms with Gasteiger partial charge in [-0.1, -0.05) is 145 Å². The number of para-hydroxylation sites is 4. The average molecular weight is 1860 g/mol. The molecule has 0 spiro atoms. The number of aromatic nitrogens is 18. The van der Waals surface area contributed by atoms with Gasteiger partial charge in [0.25, 0.3) is 35.4 Å².